The van der Waals surface area contributed by atoms with Crippen molar-refractivity contribution in [1.82, 2.24) is 20.8 Å². The Kier molecular flexibility index (Phi) is 6.65. The van der Waals surface area contributed by atoms with Crippen molar-refractivity contribution in [2.75, 3.05) is 13.6 Å². The summed E-state index contributed by atoms with van der Waals surface area (Å²) < 4.78 is 5.27. The van der Waals surface area contributed by atoms with Crippen molar-refractivity contribution in [2.45, 2.75) is 59.4 Å². The molecule has 0 unspecified atom stereocenters. The van der Waals surface area contributed by atoms with Crippen LogP contribution in [0, 0.1) is 5.92 Å². The molecule has 0 aromatic carbocycles. The molecule has 6 nitrogen and oxygen atoms in total. The number of nitrogens with one attached hydrogen (secondary N) is 2. The minimum Gasteiger partial charge on any atom is -0.356 e. The Labute approximate surface area is 127 Å². The van der Waals surface area contributed by atoms with Gasteiger partial charge in [0.25, 0.3) is 0 Å². The Balaban J connectivity index is 2.47. The molecule has 0 saturated carbocycles. The maximum absolute atomic E-state index is 5.27. The standard InChI is InChI=1S/C15H29N5O/c1-7-11(8-2)9-17-14(16-6)18-10-12-19-13(21-20-12)15(3,4)5/h11H,7-10H2,1-6H3,(H2,16,17,18). The van der Waals surface area contributed by atoms with Crippen LogP contribution in [0.2, 0.25) is 0 Å². The van der Waals surface area contributed by atoms with Gasteiger partial charge in [-0.25, -0.2) is 0 Å². The van der Waals surface area contributed by atoms with E-state index in [2.05, 4.69) is 39.6 Å². The van der Waals surface area contributed by atoms with Gasteiger partial charge in [0.15, 0.2) is 11.8 Å². The maximum Gasteiger partial charge on any atom is 0.232 e. The normalized spacial score (nSPS) is 12.8. The van der Waals surface area contributed by atoms with Crippen LogP contribution in [-0.2, 0) is 12.0 Å². The highest BCUT2D eigenvalue weighted by molar-refractivity contribution is 5.79. The molecule has 6 heteroatoms. The molecule has 1 aromatic heterocycles. The van der Waals surface area contributed by atoms with E-state index in [4.69, 9.17) is 4.52 Å². The first-order valence-electron chi connectivity index (χ1n) is 7.68. The summed E-state index contributed by atoms with van der Waals surface area (Å²) >= 11 is 0. The van der Waals surface area contributed by atoms with Gasteiger partial charge in [-0.05, 0) is 5.92 Å². The Hall–Kier alpha value is -1.59. The van der Waals surface area contributed by atoms with Gasteiger partial charge in [-0.3, -0.25) is 4.99 Å². The van der Waals surface area contributed by atoms with E-state index in [1.165, 1.54) is 12.8 Å². The second kappa shape index (κ2) is 8.00. The Morgan fingerprint density at radius 2 is 1.90 bits per heavy atom. The molecule has 0 spiro atoms. The van der Waals surface area contributed by atoms with Crippen molar-refractivity contribution in [2.24, 2.45) is 10.9 Å². The fourth-order valence-electron chi connectivity index (χ4n) is 1.83. The van der Waals surface area contributed by atoms with Gasteiger partial charge in [-0.2, -0.15) is 4.98 Å². The zero-order valence-corrected chi connectivity index (χ0v) is 14.2. The van der Waals surface area contributed by atoms with E-state index in [0.717, 1.165) is 12.5 Å². The van der Waals surface area contributed by atoms with Crippen molar-refractivity contribution < 1.29 is 4.52 Å². The highest BCUT2D eigenvalue weighted by atomic mass is 16.5. The summed E-state index contributed by atoms with van der Waals surface area (Å²) in [5, 5.41) is 10.5. The molecule has 21 heavy (non-hydrogen) atoms. The van der Waals surface area contributed by atoms with E-state index < -0.39 is 0 Å². The minimum absolute atomic E-state index is 0.124. The molecule has 0 aliphatic rings. The lowest BCUT2D eigenvalue weighted by Gasteiger charge is -2.16. The summed E-state index contributed by atoms with van der Waals surface area (Å²) in [5.74, 6) is 2.73. The maximum atomic E-state index is 5.27. The molecule has 1 heterocycles. The topological polar surface area (TPSA) is 75.3 Å². The van der Waals surface area contributed by atoms with Gasteiger partial charge in [0.2, 0.25) is 5.89 Å². The number of hydrogen-bond acceptors (Lipinski definition) is 4. The van der Waals surface area contributed by atoms with E-state index >= 15 is 0 Å². The Morgan fingerprint density at radius 3 is 2.38 bits per heavy atom. The van der Waals surface area contributed by atoms with Crippen LogP contribution in [0.15, 0.2) is 9.52 Å². The number of aliphatic imine (C=N–C) groups is 1. The van der Waals surface area contributed by atoms with Crippen molar-refractivity contribution in [1.29, 1.82) is 0 Å². The van der Waals surface area contributed by atoms with Gasteiger partial charge in [-0.15, -0.1) is 0 Å². The second-order valence-electron chi connectivity index (χ2n) is 6.25. The average Bonchev–Trinajstić information content (AvgIpc) is 2.92. The number of rotatable bonds is 6. The molecule has 1 rings (SSSR count). The van der Waals surface area contributed by atoms with Crippen LogP contribution in [-0.4, -0.2) is 29.7 Å². The summed E-state index contributed by atoms with van der Waals surface area (Å²) in [7, 11) is 1.76. The fraction of sp³-hybridized carbons (Fsp3) is 0.800. The van der Waals surface area contributed by atoms with Crippen LogP contribution in [0.5, 0.6) is 0 Å². The number of guanidine groups is 1. The molecule has 0 radical (unpaired) electrons. The van der Waals surface area contributed by atoms with E-state index in [1.807, 2.05) is 20.8 Å². The lowest BCUT2D eigenvalue weighted by Crippen LogP contribution is -2.39. The number of aromatic nitrogens is 2. The quantitative estimate of drug-likeness (QED) is 0.623. The third-order valence-corrected chi connectivity index (χ3v) is 3.46. The van der Waals surface area contributed by atoms with Crippen LogP contribution in [0.1, 0.15) is 59.2 Å². The van der Waals surface area contributed by atoms with Gasteiger partial charge >= 0.3 is 0 Å². The molecule has 0 aliphatic heterocycles. The molecule has 0 bridgehead atoms. The fourth-order valence-corrected chi connectivity index (χ4v) is 1.83. The van der Waals surface area contributed by atoms with Crippen LogP contribution in [0.25, 0.3) is 0 Å². The third-order valence-electron chi connectivity index (χ3n) is 3.46. The first kappa shape index (κ1) is 17.5. The molecule has 1 aromatic rings. The predicted molar refractivity (Wildman–Crippen MR) is 85.3 cm³/mol. The van der Waals surface area contributed by atoms with Gasteiger partial charge < -0.3 is 15.2 Å². The highest BCUT2D eigenvalue weighted by Gasteiger charge is 2.21. The zero-order valence-electron chi connectivity index (χ0n) is 14.2. The Morgan fingerprint density at radius 1 is 1.24 bits per heavy atom. The molecule has 0 amide bonds. The first-order chi connectivity index (χ1) is 9.90. The van der Waals surface area contributed by atoms with Crippen LogP contribution < -0.4 is 10.6 Å². The minimum atomic E-state index is -0.124. The second-order valence-corrected chi connectivity index (χ2v) is 6.25. The predicted octanol–water partition coefficient (Wildman–Crippen LogP) is 2.47. The smallest absolute Gasteiger partial charge is 0.232 e. The van der Waals surface area contributed by atoms with E-state index in [0.29, 0.717) is 24.2 Å². The van der Waals surface area contributed by atoms with E-state index in [1.54, 1.807) is 7.05 Å². The summed E-state index contributed by atoms with van der Waals surface area (Å²) in [6, 6.07) is 0. The summed E-state index contributed by atoms with van der Waals surface area (Å²) in [6.45, 7) is 12.0. The summed E-state index contributed by atoms with van der Waals surface area (Å²) in [4.78, 5) is 8.60. The number of nitrogens with zero attached hydrogens (tertiary/aromatic N) is 3. The van der Waals surface area contributed by atoms with Crippen molar-refractivity contribution in [3.05, 3.63) is 11.7 Å². The average molecular weight is 295 g/mol. The summed E-state index contributed by atoms with van der Waals surface area (Å²) in [5.41, 5.74) is -0.124. The lowest BCUT2D eigenvalue weighted by atomic mass is 9.97. The van der Waals surface area contributed by atoms with Crippen LogP contribution in [0.3, 0.4) is 0 Å². The van der Waals surface area contributed by atoms with Crippen molar-refractivity contribution in [3.8, 4) is 0 Å². The van der Waals surface area contributed by atoms with Crippen LogP contribution in [0.4, 0.5) is 0 Å². The van der Waals surface area contributed by atoms with Gasteiger partial charge in [0, 0.05) is 19.0 Å². The molecular weight excluding hydrogens is 266 g/mol. The van der Waals surface area contributed by atoms with Gasteiger partial charge in [-0.1, -0.05) is 52.6 Å². The molecule has 0 atom stereocenters. The van der Waals surface area contributed by atoms with Crippen molar-refractivity contribution in [3.63, 3.8) is 0 Å². The van der Waals surface area contributed by atoms with E-state index in [-0.39, 0.29) is 5.41 Å². The monoisotopic (exact) mass is 295 g/mol. The molecule has 0 fully saturated rings. The molecule has 0 saturated heterocycles. The van der Waals surface area contributed by atoms with E-state index in [9.17, 15) is 0 Å². The largest absolute Gasteiger partial charge is 0.356 e. The molecule has 0 aliphatic carbocycles. The lowest BCUT2D eigenvalue weighted by molar-refractivity contribution is 0.318. The summed E-state index contributed by atoms with van der Waals surface area (Å²) in [6.07, 6.45) is 2.33. The molecule has 120 valence electrons. The Bertz CT molecular complexity index is 443. The molecular formula is C15H29N5O. The first-order valence-corrected chi connectivity index (χ1v) is 7.68. The highest BCUT2D eigenvalue weighted by Crippen LogP contribution is 2.19. The zero-order chi connectivity index (χ0) is 15.9. The molecule has 2 N–H and O–H groups in total. The van der Waals surface area contributed by atoms with Gasteiger partial charge in [0.1, 0.15) is 0 Å². The van der Waals surface area contributed by atoms with Crippen molar-refractivity contribution >= 4 is 5.96 Å². The third kappa shape index (κ3) is 5.73. The SMILES string of the molecule is CCC(CC)CNC(=NC)NCc1noc(C(C)(C)C)n1. The van der Waals surface area contributed by atoms with Gasteiger partial charge in [0.05, 0.1) is 6.54 Å². The number of hydrogen-bond donors (Lipinski definition) is 2. The van der Waals surface area contributed by atoms with Crippen LogP contribution >= 0.6 is 0 Å².